The fourth-order valence-electron chi connectivity index (χ4n) is 14.0. The van der Waals surface area contributed by atoms with Crippen molar-refractivity contribution in [1.82, 2.24) is 53.7 Å². The summed E-state index contributed by atoms with van der Waals surface area (Å²) in [5.74, 6) is -3.27. The van der Waals surface area contributed by atoms with E-state index in [-0.39, 0.29) is 84.3 Å². The first-order valence-electron chi connectivity index (χ1n) is 35.1. The number of aromatic nitrogens is 7. The molecule has 34 heteroatoms. The maximum absolute atomic E-state index is 14.4. The number of nitro benzene ring substituents is 1. The van der Waals surface area contributed by atoms with Crippen LogP contribution in [0.3, 0.4) is 0 Å². The van der Waals surface area contributed by atoms with Crippen LogP contribution < -0.4 is 11.1 Å². The lowest BCUT2D eigenvalue weighted by atomic mass is 10.1. The van der Waals surface area contributed by atoms with Crippen molar-refractivity contribution in [2.75, 3.05) is 31.9 Å². The number of nitrogens with one attached hydrogen (secondary N) is 1. The van der Waals surface area contributed by atoms with Gasteiger partial charge in [-0.3, -0.25) is 45.0 Å². The number of nitro groups is 1. The molecule has 4 aliphatic rings. The van der Waals surface area contributed by atoms with Crippen molar-refractivity contribution in [2.24, 2.45) is 0 Å². The fourth-order valence-corrected chi connectivity index (χ4v) is 19.4. The first-order valence-corrected chi connectivity index (χ1v) is 41.1. The second-order valence-electron chi connectivity index (χ2n) is 27.2. The molecule has 4 atom stereocenters. The van der Waals surface area contributed by atoms with Gasteiger partial charge in [0.05, 0.1) is 68.2 Å². The van der Waals surface area contributed by atoms with Crippen LogP contribution in [0.25, 0.3) is 75.4 Å². The van der Waals surface area contributed by atoms with Crippen molar-refractivity contribution in [3.05, 3.63) is 276 Å². The van der Waals surface area contributed by atoms with Gasteiger partial charge in [0.15, 0.2) is 29.1 Å². The number of fused-ring (bicyclic) bond motifs is 9. The average Bonchev–Trinajstić information content (AvgIpc) is 1.51. The standard InChI is InChI=1S/C20H24FN3O4S.C15H16FN3O2S.C9H6BrN.C9H5ClFNO2S.C9H5FN2O2.C9H7FN2.C9H6FN/c1-20(2,3)28-19(25)23-9-7-16-15(23)8-10-24(16)29(26,27)17-6-4-5-13-11-22-12-14(21)18(13)17;16-11-9-17-8-10-2-1-3-14(15(10)11)22(20,21)19-7-5-12-13(19)4-6-18-12;10-9-6-11-5-7-3-1-2-4-8(7)9;10-15(13,14)8-3-1-2-6-4-12-5-7(11)9(6)8;10-7-5-11-4-6-2-1-3-8(9(6)7)12(13)14;10-7-5-12-4-6-2-1-3-8(11)9(6)7;10-9-6-11-5-7-3-1-2-4-8(7)9/h4-6,11-12,15-16H,7-10H2,1-3H3;1-3,8-9,12-13,18H,4-7H2;1-6H;1-5H;1-5H;1-5H,11H2;1-6H/t15-,16-;12-,13-;;;;;/m00...../s1. The molecule has 14 aromatic rings. The highest BCUT2D eigenvalue weighted by Gasteiger charge is 2.50. The van der Waals surface area contributed by atoms with E-state index in [0.29, 0.717) is 63.9 Å². The molecule has 588 valence electrons. The summed E-state index contributed by atoms with van der Waals surface area (Å²) in [6, 6.07) is 38.4. The molecule has 0 saturated carbocycles. The van der Waals surface area contributed by atoms with Gasteiger partial charge >= 0.3 is 6.09 Å². The zero-order chi connectivity index (χ0) is 81.4. The van der Waals surface area contributed by atoms with Crippen LogP contribution in [0.15, 0.2) is 245 Å². The molecule has 7 aromatic heterocycles. The molecule has 4 fully saturated rings. The van der Waals surface area contributed by atoms with E-state index in [1.165, 1.54) is 93.0 Å². The Bertz CT molecular complexity index is 6190. The quantitative estimate of drug-likeness (QED) is 0.0513. The van der Waals surface area contributed by atoms with Gasteiger partial charge in [-0.05, 0) is 98.6 Å². The molecule has 0 radical (unpaired) electrons. The summed E-state index contributed by atoms with van der Waals surface area (Å²) in [4.78, 5) is 50.2. The van der Waals surface area contributed by atoms with Gasteiger partial charge in [0.2, 0.25) is 20.0 Å². The Labute approximate surface area is 662 Å². The largest absolute Gasteiger partial charge is 0.444 e. The number of rotatable bonds is 6. The highest BCUT2D eigenvalue weighted by atomic mass is 79.9. The van der Waals surface area contributed by atoms with E-state index < -0.39 is 69.0 Å². The van der Waals surface area contributed by atoms with Crippen LogP contribution in [0.4, 0.5) is 42.5 Å². The number of non-ortho nitro benzene ring substituents is 1. The van der Waals surface area contributed by atoms with Gasteiger partial charge < -0.3 is 20.7 Å². The highest BCUT2D eigenvalue weighted by molar-refractivity contribution is 9.10. The molecule has 0 bridgehead atoms. The van der Waals surface area contributed by atoms with Crippen LogP contribution in [-0.2, 0) is 33.8 Å². The number of anilines is 1. The second-order valence-corrected chi connectivity index (χ2v) is 34.3. The Balaban J connectivity index is 0.000000127. The number of pyridine rings is 7. The number of hydrogen-bond acceptors (Lipinski definition) is 19. The number of nitrogens with zero attached hydrogens (tertiary/aromatic N) is 11. The van der Waals surface area contributed by atoms with Gasteiger partial charge in [-0.25, -0.2) is 56.4 Å². The van der Waals surface area contributed by atoms with Crippen LogP contribution in [0.5, 0.6) is 0 Å². The van der Waals surface area contributed by atoms with Crippen molar-refractivity contribution in [2.45, 2.75) is 90.9 Å². The van der Waals surface area contributed by atoms with Crippen molar-refractivity contribution >= 4 is 149 Å². The monoisotopic (exact) mass is 1700 g/mol. The van der Waals surface area contributed by atoms with Crippen LogP contribution in [0.1, 0.15) is 46.5 Å². The molecule has 0 spiro atoms. The van der Waals surface area contributed by atoms with E-state index in [1.54, 1.807) is 98.7 Å². The first-order chi connectivity index (χ1) is 54.4. The molecule has 7 aromatic carbocycles. The molecule has 0 aliphatic carbocycles. The first kappa shape index (κ1) is 82.4. The van der Waals surface area contributed by atoms with Gasteiger partial charge in [-0.2, -0.15) is 8.61 Å². The molecule has 23 nitrogen and oxygen atoms in total. The molecule has 4 saturated heterocycles. The third kappa shape index (κ3) is 18.3. The summed E-state index contributed by atoms with van der Waals surface area (Å²) >= 11 is 3.43. The molecule has 1 amide bonds. The van der Waals surface area contributed by atoms with Crippen molar-refractivity contribution in [3.63, 3.8) is 0 Å². The minimum atomic E-state index is -3.95. The number of carbonyl (C=O) groups excluding carboxylic acids is 1. The number of halogens is 8. The Kier molecular flexibility index (Phi) is 25.4. The Morgan fingerprint density at radius 3 is 1.35 bits per heavy atom. The Morgan fingerprint density at radius 2 is 0.860 bits per heavy atom. The number of hydrogen-bond donors (Lipinski definition) is 2. The molecule has 3 N–H and O–H groups in total. The maximum atomic E-state index is 14.4. The molecule has 18 rings (SSSR count). The summed E-state index contributed by atoms with van der Waals surface area (Å²) in [5.41, 5.74) is 5.19. The highest BCUT2D eigenvalue weighted by Crippen LogP contribution is 2.40. The summed E-state index contributed by atoms with van der Waals surface area (Å²) in [7, 11) is -6.41. The van der Waals surface area contributed by atoms with E-state index >= 15 is 0 Å². The fraction of sp³-hybridized carbons (Fsp3) is 0.200. The lowest BCUT2D eigenvalue weighted by molar-refractivity contribution is -0.383. The van der Waals surface area contributed by atoms with E-state index in [0.717, 1.165) is 59.4 Å². The van der Waals surface area contributed by atoms with Gasteiger partial charge in [0, 0.05) is 179 Å². The van der Waals surface area contributed by atoms with Gasteiger partial charge in [-0.1, -0.05) is 109 Å². The van der Waals surface area contributed by atoms with Gasteiger partial charge in [-0.15, -0.1) is 0 Å². The summed E-state index contributed by atoms with van der Waals surface area (Å²) < 4.78 is 166. The van der Waals surface area contributed by atoms with Crippen molar-refractivity contribution < 1.29 is 66.1 Å². The topological polar surface area (TPSA) is 310 Å². The summed E-state index contributed by atoms with van der Waals surface area (Å²) in [6.45, 7) is 7.42. The number of ether oxygens (including phenoxy) is 1. The van der Waals surface area contributed by atoms with E-state index in [2.05, 4.69) is 62.2 Å². The third-order valence-corrected chi connectivity index (χ3v) is 24.9. The minimum Gasteiger partial charge on any atom is -0.444 e. The average molecular weight is 1700 g/mol. The molecule has 4 aliphatic heterocycles. The number of likely N-dealkylation sites (tertiary alicyclic amines) is 1. The SMILES string of the molecule is Brc1cncc2ccccc12.CC(C)(C)OC(=O)N1CC[C@H]2[C@@H]1CCN2S(=O)(=O)c1cccc2cncc(F)c12.Fc1cncc2ccccc12.Nc1cccc2cncc(F)c12.O=S(=O)(Cl)c1cccc2cncc(F)c12.O=S(=O)(c1cccc2cncc(F)c12)N1CC[C@@H]2NCC[C@@H]21.O=[N+]([O-])c1cccc2cncc(F)c12. The maximum Gasteiger partial charge on any atom is 0.410 e. The molecular weight excluding hydrogens is 1630 g/mol. The number of amides is 1. The van der Waals surface area contributed by atoms with Crippen LogP contribution in [0.2, 0.25) is 0 Å². The number of carbonyl (C=O) groups is 1. The van der Waals surface area contributed by atoms with Crippen LogP contribution in [0, 0.1) is 45.0 Å². The number of benzene rings is 7. The van der Waals surface area contributed by atoms with Gasteiger partial charge in [0.1, 0.15) is 11.4 Å². The lowest BCUT2D eigenvalue weighted by Gasteiger charge is -2.28. The normalized spacial score (nSPS) is 16.7. The predicted molar refractivity (Wildman–Crippen MR) is 426 cm³/mol. The molecule has 0 unspecified atom stereocenters. The number of nitrogen functional groups attached to an aromatic ring is 1. The molecular formula is C80H69BrClF6N13O10S3. The zero-order valence-electron chi connectivity index (χ0n) is 60.7. The van der Waals surface area contributed by atoms with E-state index in [1.807, 2.05) is 48.8 Å². The number of nitrogens with two attached hydrogens (primary N) is 1. The minimum absolute atomic E-state index is 0.00694. The van der Waals surface area contributed by atoms with E-state index in [4.69, 9.17) is 21.2 Å². The predicted octanol–water partition coefficient (Wildman–Crippen LogP) is 16.6. The molecule has 114 heavy (non-hydrogen) atoms. The summed E-state index contributed by atoms with van der Waals surface area (Å²) in [6.07, 6.45) is 21.2. The van der Waals surface area contributed by atoms with Crippen LogP contribution >= 0.6 is 26.6 Å². The molecule has 11 heterocycles. The second kappa shape index (κ2) is 35.1. The smallest absolute Gasteiger partial charge is 0.410 e. The van der Waals surface area contributed by atoms with Gasteiger partial charge in [0.25, 0.3) is 14.7 Å². The Morgan fingerprint density at radius 1 is 0.474 bits per heavy atom. The van der Waals surface area contributed by atoms with Crippen molar-refractivity contribution in [1.29, 1.82) is 0 Å². The number of sulfonamides is 2. The van der Waals surface area contributed by atoms with E-state index in [9.17, 15) is 66.5 Å². The zero-order valence-corrected chi connectivity index (χ0v) is 65.4. The lowest BCUT2D eigenvalue weighted by Crippen LogP contribution is -2.43. The Hall–Kier alpha value is -11.0. The summed E-state index contributed by atoms with van der Waals surface area (Å²) in [5, 5.41) is 20.9. The van der Waals surface area contributed by atoms with Crippen molar-refractivity contribution in [3.8, 4) is 0 Å². The van der Waals surface area contributed by atoms with Crippen LogP contribution in [-0.4, -0.2) is 141 Å². The third-order valence-electron chi connectivity index (χ3n) is 18.9.